The second kappa shape index (κ2) is 6.85. The lowest BCUT2D eigenvalue weighted by atomic mass is 9.99. The van der Waals surface area contributed by atoms with E-state index < -0.39 is 0 Å². The summed E-state index contributed by atoms with van der Waals surface area (Å²) in [4.78, 5) is 25.8. The molecule has 4 heteroatoms. The van der Waals surface area contributed by atoms with Gasteiger partial charge in [0.15, 0.2) is 5.78 Å². The highest BCUT2D eigenvalue weighted by Gasteiger charge is 2.25. The molecule has 21 heavy (non-hydrogen) atoms. The average molecular weight is 288 g/mol. The zero-order valence-corrected chi connectivity index (χ0v) is 13.1. The maximum absolute atomic E-state index is 12.3. The highest BCUT2D eigenvalue weighted by molar-refractivity contribution is 5.96. The SMILES string of the molecule is CC(=O)c1ccc(NC(=O)C(C)N2CCCC(C)C2)cc1. The molecule has 2 atom stereocenters. The molecule has 0 aliphatic carbocycles. The Labute approximate surface area is 126 Å². The lowest BCUT2D eigenvalue weighted by Gasteiger charge is -2.34. The van der Waals surface area contributed by atoms with E-state index in [1.165, 1.54) is 13.3 Å². The molecule has 1 fully saturated rings. The maximum atomic E-state index is 12.3. The molecule has 0 spiro atoms. The lowest BCUT2D eigenvalue weighted by molar-refractivity contribution is -0.121. The van der Waals surface area contributed by atoms with Crippen LogP contribution in [0.5, 0.6) is 0 Å². The number of hydrogen-bond acceptors (Lipinski definition) is 3. The molecule has 0 bridgehead atoms. The predicted molar refractivity (Wildman–Crippen MR) is 84.5 cm³/mol. The van der Waals surface area contributed by atoms with Crippen molar-refractivity contribution in [1.29, 1.82) is 0 Å². The number of nitrogens with zero attached hydrogens (tertiary/aromatic N) is 1. The smallest absolute Gasteiger partial charge is 0.241 e. The summed E-state index contributed by atoms with van der Waals surface area (Å²) in [5.41, 5.74) is 1.40. The molecule has 0 aromatic heterocycles. The van der Waals surface area contributed by atoms with Gasteiger partial charge < -0.3 is 5.32 Å². The zero-order chi connectivity index (χ0) is 15.4. The minimum atomic E-state index is -0.125. The van der Waals surface area contributed by atoms with Crippen LogP contribution in [0, 0.1) is 5.92 Å². The summed E-state index contributed by atoms with van der Waals surface area (Å²) in [5.74, 6) is 0.701. The Morgan fingerprint density at radius 1 is 1.29 bits per heavy atom. The molecule has 1 amide bonds. The van der Waals surface area contributed by atoms with Crippen LogP contribution in [0.2, 0.25) is 0 Å². The second-order valence-electron chi connectivity index (χ2n) is 6.04. The monoisotopic (exact) mass is 288 g/mol. The highest BCUT2D eigenvalue weighted by atomic mass is 16.2. The van der Waals surface area contributed by atoms with Crippen molar-refractivity contribution in [3.05, 3.63) is 29.8 Å². The summed E-state index contributed by atoms with van der Waals surface area (Å²) in [6.07, 6.45) is 2.41. The van der Waals surface area contributed by atoms with Crippen molar-refractivity contribution in [1.82, 2.24) is 4.90 Å². The van der Waals surface area contributed by atoms with Crippen molar-refractivity contribution in [2.45, 2.75) is 39.7 Å². The van der Waals surface area contributed by atoms with Gasteiger partial charge in [-0.2, -0.15) is 0 Å². The van der Waals surface area contributed by atoms with Gasteiger partial charge in [-0.1, -0.05) is 6.92 Å². The van der Waals surface area contributed by atoms with E-state index in [-0.39, 0.29) is 17.7 Å². The Balaban J connectivity index is 1.95. The Hall–Kier alpha value is -1.68. The Kier molecular flexibility index (Phi) is 5.12. The van der Waals surface area contributed by atoms with Gasteiger partial charge in [-0.3, -0.25) is 14.5 Å². The third kappa shape index (κ3) is 4.14. The van der Waals surface area contributed by atoms with Gasteiger partial charge in [0.2, 0.25) is 5.91 Å². The van der Waals surface area contributed by atoms with Crippen LogP contribution in [0.25, 0.3) is 0 Å². The van der Waals surface area contributed by atoms with E-state index in [1.807, 2.05) is 6.92 Å². The molecule has 114 valence electrons. The van der Waals surface area contributed by atoms with Gasteiger partial charge >= 0.3 is 0 Å². The largest absolute Gasteiger partial charge is 0.325 e. The van der Waals surface area contributed by atoms with Gasteiger partial charge in [-0.05, 0) is 63.4 Å². The van der Waals surface area contributed by atoms with Gasteiger partial charge in [0, 0.05) is 17.8 Å². The average Bonchev–Trinajstić information content (AvgIpc) is 2.47. The number of Topliss-reactive ketones (excluding diaryl/α,β-unsaturated/α-hetero) is 1. The Morgan fingerprint density at radius 3 is 2.52 bits per heavy atom. The first kappa shape index (κ1) is 15.7. The molecule has 1 aliphatic rings. The molecule has 1 aromatic rings. The number of nitrogens with one attached hydrogen (secondary N) is 1. The second-order valence-corrected chi connectivity index (χ2v) is 6.04. The van der Waals surface area contributed by atoms with Crippen molar-refractivity contribution >= 4 is 17.4 Å². The summed E-state index contributed by atoms with van der Waals surface area (Å²) in [5, 5.41) is 2.93. The molecule has 2 rings (SSSR count). The van der Waals surface area contributed by atoms with E-state index in [0.29, 0.717) is 11.5 Å². The lowest BCUT2D eigenvalue weighted by Crippen LogP contribution is -2.46. The number of benzene rings is 1. The van der Waals surface area contributed by atoms with Crippen LogP contribution in [0.15, 0.2) is 24.3 Å². The first-order valence-corrected chi connectivity index (χ1v) is 7.63. The molecule has 1 N–H and O–H groups in total. The first-order chi connectivity index (χ1) is 9.97. The van der Waals surface area contributed by atoms with Gasteiger partial charge in [0.05, 0.1) is 6.04 Å². The normalized spacial score (nSPS) is 20.8. The molecular weight excluding hydrogens is 264 g/mol. The number of carbonyl (C=O) groups is 2. The molecule has 2 unspecified atom stereocenters. The van der Waals surface area contributed by atoms with Crippen LogP contribution in [-0.2, 0) is 4.79 Å². The Bertz CT molecular complexity index is 510. The van der Waals surface area contributed by atoms with Gasteiger partial charge in [0.25, 0.3) is 0 Å². The minimum absolute atomic E-state index is 0.0136. The number of carbonyl (C=O) groups excluding carboxylic acids is 2. The van der Waals surface area contributed by atoms with Crippen LogP contribution in [0.3, 0.4) is 0 Å². The predicted octanol–water partition coefficient (Wildman–Crippen LogP) is 2.95. The van der Waals surface area contributed by atoms with Crippen LogP contribution in [0.1, 0.15) is 44.0 Å². The molecule has 1 heterocycles. The molecule has 0 saturated carbocycles. The van der Waals surface area contributed by atoms with Crippen LogP contribution >= 0.6 is 0 Å². The van der Waals surface area contributed by atoms with Crippen molar-refractivity contribution in [2.24, 2.45) is 5.92 Å². The quantitative estimate of drug-likeness (QED) is 0.867. The van der Waals surface area contributed by atoms with E-state index >= 15 is 0 Å². The highest BCUT2D eigenvalue weighted by Crippen LogP contribution is 2.18. The zero-order valence-electron chi connectivity index (χ0n) is 13.1. The van der Waals surface area contributed by atoms with Crippen molar-refractivity contribution in [3.63, 3.8) is 0 Å². The molecule has 1 saturated heterocycles. The molecular formula is C17H24N2O2. The summed E-state index contributed by atoms with van der Waals surface area (Å²) >= 11 is 0. The topological polar surface area (TPSA) is 49.4 Å². The molecule has 1 aromatic carbocycles. The third-order valence-corrected chi connectivity index (χ3v) is 4.17. The first-order valence-electron chi connectivity index (χ1n) is 7.63. The fraction of sp³-hybridized carbons (Fsp3) is 0.529. The van der Waals surface area contributed by atoms with Crippen molar-refractivity contribution < 1.29 is 9.59 Å². The molecule has 1 aliphatic heterocycles. The van der Waals surface area contributed by atoms with E-state index in [1.54, 1.807) is 24.3 Å². The van der Waals surface area contributed by atoms with E-state index in [0.717, 1.165) is 25.2 Å². The van der Waals surface area contributed by atoms with E-state index in [4.69, 9.17) is 0 Å². The number of likely N-dealkylation sites (tertiary alicyclic amines) is 1. The Morgan fingerprint density at radius 2 is 1.95 bits per heavy atom. The summed E-state index contributed by atoms with van der Waals surface area (Å²) in [7, 11) is 0. The van der Waals surface area contributed by atoms with Crippen LogP contribution in [0.4, 0.5) is 5.69 Å². The number of hydrogen-bond donors (Lipinski definition) is 1. The summed E-state index contributed by atoms with van der Waals surface area (Å²) < 4.78 is 0. The number of amides is 1. The third-order valence-electron chi connectivity index (χ3n) is 4.17. The minimum Gasteiger partial charge on any atom is -0.325 e. The maximum Gasteiger partial charge on any atom is 0.241 e. The fourth-order valence-corrected chi connectivity index (χ4v) is 2.78. The standard InChI is InChI=1S/C17H24N2O2/c1-12-5-4-10-19(11-12)13(2)17(21)18-16-8-6-15(7-9-16)14(3)20/h6-9,12-13H,4-5,10-11H2,1-3H3,(H,18,21). The van der Waals surface area contributed by atoms with Gasteiger partial charge in [-0.15, -0.1) is 0 Å². The molecule has 4 nitrogen and oxygen atoms in total. The summed E-state index contributed by atoms with van der Waals surface area (Å²) in [6, 6.07) is 6.91. The molecule has 0 radical (unpaired) electrons. The number of rotatable bonds is 4. The van der Waals surface area contributed by atoms with Crippen LogP contribution < -0.4 is 5.32 Å². The van der Waals surface area contributed by atoms with Crippen LogP contribution in [-0.4, -0.2) is 35.7 Å². The number of ketones is 1. The van der Waals surface area contributed by atoms with Gasteiger partial charge in [0.1, 0.15) is 0 Å². The van der Waals surface area contributed by atoms with Crippen molar-refractivity contribution in [2.75, 3.05) is 18.4 Å². The number of anilines is 1. The fourth-order valence-electron chi connectivity index (χ4n) is 2.78. The summed E-state index contributed by atoms with van der Waals surface area (Å²) in [6.45, 7) is 7.70. The van der Waals surface area contributed by atoms with E-state index in [9.17, 15) is 9.59 Å². The van der Waals surface area contributed by atoms with E-state index in [2.05, 4.69) is 17.1 Å². The van der Waals surface area contributed by atoms with Gasteiger partial charge in [-0.25, -0.2) is 0 Å². The number of piperidine rings is 1. The van der Waals surface area contributed by atoms with Crippen molar-refractivity contribution in [3.8, 4) is 0 Å².